The van der Waals surface area contributed by atoms with Gasteiger partial charge in [-0.15, -0.1) is 0 Å². The van der Waals surface area contributed by atoms with Crippen molar-refractivity contribution in [2.45, 2.75) is 118 Å². The number of hydrogen-bond acceptors (Lipinski definition) is 0. The van der Waals surface area contributed by atoms with E-state index in [1.54, 1.807) is 64.2 Å². The van der Waals surface area contributed by atoms with Crippen LogP contribution in [0.4, 0.5) is 0 Å². The molecule has 0 aliphatic heterocycles. The zero-order valence-electron chi connectivity index (χ0n) is 18.9. The van der Waals surface area contributed by atoms with Gasteiger partial charge in [0.05, 0.1) is 0 Å². The minimum absolute atomic E-state index is 0.707. The summed E-state index contributed by atoms with van der Waals surface area (Å²) in [6, 6.07) is 0. The van der Waals surface area contributed by atoms with Crippen molar-refractivity contribution < 1.29 is 0 Å². The molecular weight excluding hydrogens is 324 g/mol. The van der Waals surface area contributed by atoms with Crippen LogP contribution < -0.4 is 0 Å². The van der Waals surface area contributed by atoms with E-state index in [1.165, 1.54) is 25.7 Å². The molecule has 0 nitrogen and oxygen atoms in total. The van der Waals surface area contributed by atoms with Gasteiger partial charge in [-0.05, 0) is 110 Å². The molecule has 5 saturated carbocycles. The Kier molecular flexibility index (Phi) is 4.57. The van der Waals surface area contributed by atoms with Crippen molar-refractivity contribution in [1.82, 2.24) is 0 Å². The van der Waals surface area contributed by atoms with Crippen LogP contribution in [0.15, 0.2) is 0 Å². The first-order chi connectivity index (χ1) is 12.9. The maximum atomic E-state index is 2.78. The second-order valence-corrected chi connectivity index (χ2v) is 12.8. The SMILES string of the molecule is CC(C)CCCCC1CCC2C3CC4CC45CCCCC5(C)C3CCC12C. The fourth-order valence-electron chi connectivity index (χ4n) is 9.98. The molecule has 0 heteroatoms. The van der Waals surface area contributed by atoms with E-state index in [-0.39, 0.29) is 0 Å². The van der Waals surface area contributed by atoms with E-state index in [0.29, 0.717) is 5.41 Å². The zero-order valence-corrected chi connectivity index (χ0v) is 18.9. The lowest BCUT2D eigenvalue weighted by Gasteiger charge is -2.61. The third-order valence-corrected chi connectivity index (χ3v) is 11.5. The highest BCUT2D eigenvalue weighted by atomic mass is 14.8. The molecule has 27 heavy (non-hydrogen) atoms. The lowest BCUT2D eigenvalue weighted by Crippen LogP contribution is -2.53. The minimum Gasteiger partial charge on any atom is -0.0628 e. The molecule has 1 spiro atoms. The van der Waals surface area contributed by atoms with Gasteiger partial charge < -0.3 is 0 Å². The Balaban J connectivity index is 1.30. The normalized spacial score (nSPS) is 53.4. The molecule has 5 fully saturated rings. The molecule has 0 aromatic heterocycles. The molecule has 154 valence electrons. The van der Waals surface area contributed by atoms with Crippen LogP contribution in [0.3, 0.4) is 0 Å². The Morgan fingerprint density at radius 1 is 0.889 bits per heavy atom. The molecule has 0 heterocycles. The average Bonchev–Trinajstić information content (AvgIpc) is 3.23. The predicted octanol–water partition coefficient (Wildman–Crippen LogP) is 8.25. The van der Waals surface area contributed by atoms with Crippen LogP contribution in [0.2, 0.25) is 0 Å². The Bertz CT molecular complexity index is 562. The Morgan fingerprint density at radius 3 is 2.52 bits per heavy atom. The monoisotopic (exact) mass is 370 g/mol. The molecule has 0 aromatic rings. The topological polar surface area (TPSA) is 0 Å². The Morgan fingerprint density at radius 2 is 1.70 bits per heavy atom. The highest BCUT2D eigenvalue weighted by Crippen LogP contribution is 2.80. The van der Waals surface area contributed by atoms with Gasteiger partial charge in [0.2, 0.25) is 0 Å². The first-order valence-corrected chi connectivity index (χ1v) is 12.9. The fraction of sp³-hybridized carbons (Fsp3) is 1.00. The van der Waals surface area contributed by atoms with Crippen LogP contribution in [0.25, 0.3) is 0 Å². The predicted molar refractivity (Wildman–Crippen MR) is 116 cm³/mol. The second-order valence-electron chi connectivity index (χ2n) is 12.8. The molecule has 0 saturated heterocycles. The van der Waals surface area contributed by atoms with E-state index >= 15 is 0 Å². The minimum atomic E-state index is 0.707. The number of hydrogen-bond donors (Lipinski definition) is 0. The van der Waals surface area contributed by atoms with E-state index < -0.39 is 0 Å². The molecule has 0 radical (unpaired) electrons. The summed E-state index contributed by atoms with van der Waals surface area (Å²) in [7, 11) is 0. The first kappa shape index (κ1) is 19.0. The number of fused-ring (bicyclic) bond motifs is 4. The third kappa shape index (κ3) is 2.66. The molecule has 8 atom stereocenters. The summed E-state index contributed by atoms with van der Waals surface area (Å²) >= 11 is 0. The van der Waals surface area contributed by atoms with Gasteiger partial charge in [-0.3, -0.25) is 0 Å². The third-order valence-electron chi connectivity index (χ3n) is 11.5. The quantitative estimate of drug-likeness (QED) is 0.427. The molecular formula is C27H46. The second kappa shape index (κ2) is 6.50. The number of unbranched alkanes of at least 4 members (excludes halogenated alkanes) is 1. The van der Waals surface area contributed by atoms with Crippen molar-refractivity contribution in [1.29, 1.82) is 0 Å². The van der Waals surface area contributed by atoms with Crippen LogP contribution in [0.1, 0.15) is 118 Å². The molecule has 0 aromatic carbocycles. The van der Waals surface area contributed by atoms with E-state index in [9.17, 15) is 0 Å². The smallest absolute Gasteiger partial charge is 0.0209 e. The summed E-state index contributed by atoms with van der Waals surface area (Å²) in [5.74, 6) is 6.37. The highest BCUT2D eigenvalue weighted by molar-refractivity contribution is 5.21. The van der Waals surface area contributed by atoms with Crippen LogP contribution in [0.5, 0.6) is 0 Å². The van der Waals surface area contributed by atoms with Crippen molar-refractivity contribution in [3.63, 3.8) is 0 Å². The largest absolute Gasteiger partial charge is 0.0628 e. The molecule has 5 aliphatic carbocycles. The number of rotatable bonds is 5. The maximum Gasteiger partial charge on any atom is -0.0209 e. The summed E-state index contributed by atoms with van der Waals surface area (Å²) in [5, 5.41) is 0. The summed E-state index contributed by atoms with van der Waals surface area (Å²) in [4.78, 5) is 0. The standard InChI is InChI=1S/C27H46/c1-19(2)9-5-6-10-20-11-12-23-22-17-21-18-27(21)15-8-7-14-26(27,4)24(22)13-16-25(20,23)3/h19-24H,5-18H2,1-4H3. The molecule has 5 rings (SSSR count). The summed E-state index contributed by atoms with van der Waals surface area (Å²) in [6.45, 7) is 10.3. The zero-order chi connectivity index (χ0) is 18.9. The lowest BCUT2D eigenvalue weighted by molar-refractivity contribution is -0.118. The molecule has 0 N–H and O–H groups in total. The summed E-state index contributed by atoms with van der Waals surface area (Å²) < 4.78 is 0. The van der Waals surface area contributed by atoms with E-state index in [2.05, 4.69) is 27.7 Å². The van der Waals surface area contributed by atoms with Crippen molar-refractivity contribution in [2.75, 3.05) is 0 Å². The first-order valence-electron chi connectivity index (χ1n) is 12.9. The van der Waals surface area contributed by atoms with Gasteiger partial charge in [-0.1, -0.05) is 59.8 Å². The van der Waals surface area contributed by atoms with Gasteiger partial charge in [-0.25, -0.2) is 0 Å². The molecule has 0 bridgehead atoms. The van der Waals surface area contributed by atoms with Gasteiger partial charge in [0.25, 0.3) is 0 Å². The lowest BCUT2D eigenvalue weighted by atomic mass is 9.44. The van der Waals surface area contributed by atoms with Gasteiger partial charge in [0.1, 0.15) is 0 Å². The van der Waals surface area contributed by atoms with E-state index in [0.717, 1.165) is 46.3 Å². The maximum absolute atomic E-state index is 2.78. The van der Waals surface area contributed by atoms with Crippen molar-refractivity contribution >= 4 is 0 Å². The van der Waals surface area contributed by atoms with Gasteiger partial charge >= 0.3 is 0 Å². The van der Waals surface area contributed by atoms with Crippen LogP contribution >= 0.6 is 0 Å². The fourth-order valence-corrected chi connectivity index (χ4v) is 9.98. The average molecular weight is 371 g/mol. The Hall–Kier alpha value is 0. The van der Waals surface area contributed by atoms with Gasteiger partial charge in [0.15, 0.2) is 0 Å². The van der Waals surface area contributed by atoms with E-state index in [1.807, 2.05) is 0 Å². The van der Waals surface area contributed by atoms with Crippen molar-refractivity contribution in [2.24, 2.45) is 51.8 Å². The summed E-state index contributed by atoms with van der Waals surface area (Å²) in [5.41, 5.74) is 2.27. The molecule has 8 unspecified atom stereocenters. The molecule has 0 amide bonds. The van der Waals surface area contributed by atoms with Crippen LogP contribution in [-0.4, -0.2) is 0 Å². The van der Waals surface area contributed by atoms with E-state index in [4.69, 9.17) is 0 Å². The van der Waals surface area contributed by atoms with Gasteiger partial charge in [0, 0.05) is 0 Å². The van der Waals surface area contributed by atoms with Crippen LogP contribution in [-0.2, 0) is 0 Å². The summed E-state index contributed by atoms with van der Waals surface area (Å²) in [6.07, 6.45) is 21.8. The van der Waals surface area contributed by atoms with Crippen LogP contribution in [0, 0.1) is 51.8 Å². The van der Waals surface area contributed by atoms with Crippen molar-refractivity contribution in [3.8, 4) is 0 Å². The Labute approximate surface area is 169 Å². The molecule has 5 aliphatic rings. The van der Waals surface area contributed by atoms with Crippen molar-refractivity contribution in [3.05, 3.63) is 0 Å². The highest BCUT2D eigenvalue weighted by Gasteiger charge is 2.72. The van der Waals surface area contributed by atoms with Gasteiger partial charge in [-0.2, -0.15) is 0 Å².